The first-order valence-corrected chi connectivity index (χ1v) is 8.47. The molecular weight excluding hydrogens is 308 g/mol. The summed E-state index contributed by atoms with van der Waals surface area (Å²) in [5, 5.41) is 2.15. The van der Waals surface area contributed by atoms with Crippen LogP contribution in [-0.4, -0.2) is 23.5 Å². The van der Waals surface area contributed by atoms with E-state index in [1.807, 2.05) is 0 Å². The van der Waals surface area contributed by atoms with Crippen molar-refractivity contribution in [3.05, 3.63) is 20.8 Å². The van der Waals surface area contributed by atoms with Gasteiger partial charge in [0.2, 0.25) is 0 Å². The van der Waals surface area contributed by atoms with Gasteiger partial charge in [-0.3, -0.25) is 4.90 Å². The highest BCUT2D eigenvalue weighted by Crippen LogP contribution is 2.33. The molecule has 1 aromatic rings. The van der Waals surface area contributed by atoms with Gasteiger partial charge in [-0.2, -0.15) is 0 Å². The first-order valence-electron chi connectivity index (χ1n) is 6.80. The lowest BCUT2D eigenvalue weighted by Crippen LogP contribution is -2.44. The maximum atomic E-state index is 6.38. The molecule has 0 aliphatic rings. The van der Waals surface area contributed by atoms with Crippen molar-refractivity contribution in [2.75, 3.05) is 6.54 Å². The second kappa shape index (κ2) is 7.63. The molecule has 4 heteroatoms. The van der Waals surface area contributed by atoms with Crippen molar-refractivity contribution in [3.8, 4) is 0 Å². The van der Waals surface area contributed by atoms with Crippen LogP contribution in [0, 0.1) is 0 Å². The van der Waals surface area contributed by atoms with Crippen molar-refractivity contribution in [2.24, 2.45) is 5.73 Å². The molecule has 0 aliphatic carbocycles. The van der Waals surface area contributed by atoms with E-state index in [0.717, 1.165) is 23.9 Å². The molecule has 0 aliphatic heterocycles. The first-order chi connectivity index (χ1) is 8.54. The lowest BCUT2D eigenvalue weighted by atomic mass is 10.0. The zero-order valence-corrected chi connectivity index (χ0v) is 14.2. The van der Waals surface area contributed by atoms with Crippen LogP contribution in [0.25, 0.3) is 0 Å². The highest BCUT2D eigenvalue weighted by Gasteiger charge is 2.28. The van der Waals surface area contributed by atoms with Crippen LogP contribution in [0.2, 0.25) is 0 Å². The second-order valence-electron chi connectivity index (χ2n) is 4.77. The molecular formula is C14H25BrN2S. The maximum absolute atomic E-state index is 6.38. The summed E-state index contributed by atoms with van der Waals surface area (Å²) >= 11 is 5.35. The van der Waals surface area contributed by atoms with Gasteiger partial charge in [-0.05, 0) is 48.3 Å². The number of hydrogen-bond acceptors (Lipinski definition) is 3. The molecule has 1 heterocycles. The number of nitrogens with two attached hydrogens (primary N) is 1. The van der Waals surface area contributed by atoms with Crippen LogP contribution in [0.4, 0.5) is 0 Å². The Kier molecular flexibility index (Phi) is 6.85. The van der Waals surface area contributed by atoms with E-state index in [0.29, 0.717) is 12.1 Å². The zero-order chi connectivity index (χ0) is 13.7. The van der Waals surface area contributed by atoms with Crippen LogP contribution < -0.4 is 5.73 Å². The molecule has 3 atom stereocenters. The van der Waals surface area contributed by atoms with Crippen molar-refractivity contribution < 1.29 is 0 Å². The fourth-order valence-electron chi connectivity index (χ4n) is 2.34. The van der Waals surface area contributed by atoms with Gasteiger partial charge in [0.05, 0.1) is 6.04 Å². The molecule has 0 fully saturated rings. The van der Waals surface area contributed by atoms with E-state index in [4.69, 9.17) is 5.73 Å². The molecule has 1 rings (SSSR count). The summed E-state index contributed by atoms with van der Waals surface area (Å²) in [5.74, 6) is 0. The van der Waals surface area contributed by atoms with Gasteiger partial charge in [0.15, 0.2) is 0 Å². The number of likely N-dealkylation sites (N-methyl/N-ethyl adjacent to an activating group) is 1. The third-order valence-electron chi connectivity index (χ3n) is 3.64. The molecule has 0 saturated carbocycles. The summed E-state index contributed by atoms with van der Waals surface area (Å²) in [7, 11) is 0. The minimum atomic E-state index is 0.199. The van der Waals surface area contributed by atoms with Crippen LogP contribution in [-0.2, 0) is 0 Å². The van der Waals surface area contributed by atoms with E-state index in [2.05, 4.69) is 60.0 Å². The Labute approximate surface area is 124 Å². The summed E-state index contributed by atoms with van der Waals surface area (Å²) in [6.45, 7) is 9.98. The Hall–Kier alpha value is 0.1000. The minimum Gasteiger partial charge on any atom is -0.326 e. The number of thiophene rings is 1. The Morgan fingerprint density at radius 1 is 1.33 bits per heavy atom. The van der Waals surface area contributed by atoms with Crippen LogP contribution >= 0.6 is 27.3 Å². The van der Waals surface area contributed by atoms with Crippen LogP contribution in [0.3, 0.4) is 0 Å². The third-order valence-corrected chi connectivity index (χ3v) is 5.40. The average molecular weight is 333 g/mol. The summed E-state index contributed by atoms with van der Waals surface area (Å²) in [5.41, 5.74) is 6.38. The molecule has 0 saturated heterocycles. The molecule has 0 bridgehead atoms. The summed E-state index contributed by atoms with van der Waals surface area (Å²) < 4.78 is 1.16. The highest BCUT2D eigenvalue weighted by molar-refractivity contribution is 9.10. The summed E-state index contributed by atoms with van der Waals surface area (Å²) in [6.07, 6.45) is 2.17. The molecule has 0 aromatic carbocycles. The van der Waals surface area contributed by atoms with E-state index < -0.39 is 0 Å². The summed E-state index contributed by atoms with van der Waals surface area (Å²) in [6, 6.07) is 3.32. The molecule has 18 heavy (non-hydrogen) atoms. The monoisotopic (exact) mass is 332 g/mol. The van der Waals surface area contributed by atoms with E-state index in [9.17, 15) is 0 Å². The third kappa shape index (κ3) is 3.80. The molecule has 0 spiro atoms. The molecule has 104 valence electrons. The van der Waals surface area contributed by atoms with Crippen LogP contribution in [0.5, 0.6) is 0 Å². The van der Waals surface area contributed by atoms with Gasteiger partial charge >= 0.3 is 0 Å². The molecule has 2 nitrogen and oxygen atoms in total. The maximum Gasteiger partial charge on any atom is 0.0595 e. The van der Waals surface area contributed by atoms with E-state index in [1.54, 1.807) is 11.3 Å². The van der Waals surface area contributed by atoms with Crippen molar-refractivity contribution in [3.63, 3.8) is 0 Å². The van der Waals surface area contributed by atoms with Gasteiger partial charge in [0, 0.05) is 26.8 Å². The number of halogens is 1. The van der Waals surface area contributed by atoms with E-state index in [-0.39, 0.29) is 6.04 Å². The average Bonchev–Trinajstić information content (AvgIpc) is 2.80. The molecule has 3 unspecified atom stereocenters. The van der Waals surface area contributed by atoms with Gasteiger partial charge < -0.3 is 5.73 Å². The fourth-order valence-corrected chi connectivity index (χ4v) is 3.98. The quantitative estimate of drug-likeness (QED) is 0.801. The van der Waals surface area contributed by atoms with Gasteiger partial charge in [-0.15, -0.1) is 11.3 Å². The second-order valence-corrected chi connectivity index (χ2v) is 6.63. The number of hydrogen-bond donors (Lipinski definition) is 1. The fraction of sp³-hybridized carbons (Fsp3) is 0.714. The van der Waals surface area contributed by atoms with E-state index >= 15 is 0 Å². The predicted octanol–water partition coefficient (Wildman–Crippen LogP) is 4.41. The molecule has 0 amide bonds. The van der Waals surface area contributed by atoms with Crippen LogP contribution in [0.15, 0.2) is 15.9 Å². The summed E-state index contributed by atoms with van der Waals surface area (Å²) in [4.78, 5) is 3.91. The largest absolute Gasteiger partial charge is 0.326 e. The Bertz CT molecular complexity index is 353. The topological polar surface area (TPSA) is 29.3 Å². The van der Waals surface area contributed by atoms with Gasteiger partial charge in [-0.1, -0.05) is 20.8 Å². The lowest BCUT2D eigenvalue weighted by Gasteiger charge is -2.38. The molecule has 1 aromatic heterocycles. The van der Waals surface area contributed by atoms with Gasteiger partial charge in [-0.25, -0.2) is 0 Å². The molecule has 0 radical (unpaired) electrons. The first kappa shape index (κ1) is 16.2. The lowest BCUT2D eigenvalue weighted by molar-refractivity contribution is 0.128. The van der Waals surface area contributed by atoms with Crippen molar-refractivity contribution in [2.45, 2.75) is 58.7 Å². The zero-order valence-electron chi connectivity index (χ0n) is 11.8. The van der Waals surface area contributed by atoms with Crippen molar-refractivity contribution in [1.82, 2.24) is 4.90 Å². The Morgan fingerprint density at radius 2 is 2.00 bits per heavy atom. The van der Waals surface area contributed by atoms with Crippen molar-refractivity contribution >= 4 is 27.3 Å². The Morgan fingerprint density at radius 3 is 2.39 bits per heavy atom. The SMILES string of the molecule is CCC(N)C(c1cc(Br)cs1)N(CC)C(C)CC. The van der Waals surface area contributed by atoms with Crippen molar-refractivity contribution in [1.29, 1.82) is 0 Å². The van der Waals surface area contributed by atoms with Gasteiger partial charge in [0.1, 0.15) is 0 Å². The standard InChI is InChI=1S/C14H25BrN2S/c1-5-10(4)17(7-3)14(12(16)6-2)13-8-11(15)9-18-13/h8-10,12,14H,5-7,16H2,1-4H3. The smallest absolute Gasteiger partial charge is 0.0595 e. The van der Waals surface area contributed by atoms with Crippen LogP contribution in [0.1, 0.15) is 51.5 Å². The number of nitrogens with zero attached hydrogens (tertiary/aromatic N) is 1. The highest BCUT2D eigenvalue weighted by atomic mass is 79.9. The van der Waals surface area contributed by atoms with E-state index in [1.165, 1.54) is 4.88 Å². The minimum absolute atomic E-state index is 0.199. The van der Waals surface area contributed by atoms with Gasteiger partial charge in [0.25, 0.3) is 0 Å². The molecule has 2 N–H and O–H groups in total. The predicted molar refractivity (Wildman–Crippen MR) is 85.2 cm³/mol. The number of rotatable bonds is 7. The normalized spacial score (nSPS) is 16.8. The Balaban J connectivity index is 3.03.